The minimum Gasteiger partial charge on any atom is -0.344 e. The maximum absolute atomic E-state index is 10.7. The average Bonchev–Trinajstić information content (AvgIpc) is 1.64. The molecule has 0 saturated carbocycles. The SMILES string of the molecule is CCCP(=O)(O)CC#N. The van der Waals surface area contributed by atoms with E-state index in [0.717, 1.165) is 0 Å². The zero-order valence-corrected chi connectivity index (χ0v) is 6.27. The molecule has 0 aromatic heterocycles. The molecule has 0 aliphatic carbocycles. The van der Waals surface area contributed by atoms with Crippen LogP contribution in [0.5, 0.6) is 0 Å². The maximum Gasteiger partial charge on any atom is 0.214 e. The van der Waals surface area contributed by atoms with Crippen molar-refractivity contribution in [3.63, 3.8) is 0 Å². The summed E-state index contributed by atoms with van der Waals surface area (Å²) in [7, 11) is -3.05. The molecule has 0 aromatic rings. The molecule has 0 rings (SSSR count). The third-order valence-electron chi connectivity index (χ3n) is 0.891. The first-order chi connectivity index (χ1) is 4.12. The van der Waals surface area contributed by atoms with Crippen LogP contribution in [0.25, 0.3) is 0 Å². The van der Waals surface area contributed by atoms with Crippen molar-refractivity contribution in [2.24, 2.45) is 0 Å². The summed E-state index contributed by atoms with van der Waals surface area (Å²) in [4.78, 5) is 8.85. The first-order valence-corrected chi connectivity index (χ1v) is 4.83. The highest BCUT2D eigenvalue weighted by Crippen LogP contribution is 2.39. The van der Waals surface area contributed by atoms with Crippen LogP contribution in [0, 0.1) is 11.3 Å². The Morgan fingerprint density at radius 1 is 1.78 bits per heavy atom. The lowest BCUT2D eigenvalue weighted by molar-refractivity contribution is 0.481. The second kappa shape index (κ2) is 3.66. The number of hydrogen-bond donors (Lipinski definition) is 1. The van der Waals surface area contributed by atoms with Crippen LogP contribution in [0.4, 0.5) is 0 Å². The highest BCUT2D eigenvalue weighted by molar-refractivity contribution is 7.58. The Balaban J connectivity index is 3.75. The van der Waals surface area contributed by atoms with E-state index in [-0.39, 0.29) is 12.3 Å². The second-order valence-electron chi connectivity index (χ2n) is 1.89. The molecular formula is C5H10NO2P. The van der Waals surface area contributed by atoms with Crippen molar-refractivity contribution < 1.29 is 9.46 Å². The number of nitrogens with zero attached hydrogens (tertiary/aromatic N) is 1. The van der Waals surface area contributed by atoms with E-state index in [1.54, 1.807) is 6.07 Å². The summed E-state index contributed by atoms with van der Waals surface area (Å²) in [6, 6.07) is 1.68. The molecule has 0 bridgehead atoms. The van der Waals surface area contributed by atoms with Gasteiger partial charge in [0, 0.05) is 6.16 Å². The van der Waals surface area contributed by atoms with E-state index in [2.05, 4.69) is 0 Å². The molecule has 1 unspecified atom stereocenters. The zero-order chi connectivity index (χ0) is 7.33. The highest BCUT2D eigenvalue weighted by atomic mass is 31.2. The molecule has 0 radical (unpaired) electrons. The molecule has 0 amide bonds. The van der Waals surface area contributed by atoms with Gasteiger partial charge in [-0.1, -0.05) is 6.92 Å². The molecule has 3 nitrogen and oxygen atoms in total. The third-order valence-corrected chi connectivity index (χ3v) is 2.67. The lowest BCUT2D eigenvalue weighted by atomic mass is 10.6. The summed E-state index contributed by atoms with van der Waals surface area (Å²) >= 11 is 0. The topological polar surface area (TPSA) is 61.1 Å². The molecule has 4 heteroatoms. The molecule has 0 aromatic carbocycles. The highest BCUT2D eigenvalue weighted by Gasteiger charge is 2.14. The van der Waals surface area contributed by atoms with Crippen molar-refractivity contribution in [2.75, 3.05) is 12.3 Å². The van der Waals surface area contributed by atoms with Crippen molar-refractivity contribution in [3.05, 3.63) is 0 Å². The molecule has 1 atom stereocenters. The van der Waals surface area contributed by atoms with Crippen molar-refractivity contribution in [1.82, 2.24) is 0 Å². The van der Waals surface area contributed by atoms with E-state index < -0.39 is 7.37 Å². The van der Waals surface area contributed by atoms with E-state index in [4.69, 9.17) is 10.2 Å². The molecule has 0 saturated heterocycles. The van der Waals surface area contributed by atoms with Gasteiger partial charge in [-0.15, -0.1) is 0 Å². The van der Waals surface area contributed by atoms with E-state index in [1.807, 2.05) is 6.92 Å². The number of hydrogen-bond acceptors (Lipinski definition) is 2. The molecule has 0 fully saturated rings. The maximum atomic E-state index is 10.7. The Kier molecular flexibility index (Phi) is 3.53. The molecule has 1 N–H and O–H groups in total. The van der Waals surface area contributed by atoms with Crippen LogP contribution in [-0.2, 0) is 4.57 Å². The van der Waals surface area contributed by atoms with Crippen molar-refractivity contribution in [1.29, 1.82) is 5.26 Å². The van der Waals surface area contributed by atoms with Crippen LogP contribution in [0.1, 0.15) is 13.3 Å². The van der Waals surface area contributed by atoms with Crippen LogP contribution in [-0.4, -0.2) is 17.2 Å². The summed E-state index contributed by atoms with van der Waals surface area (Å²) in [5, 5.41) is 8.05. The van der Waals surface area contributed by atoms with Gasteiger partial charge in [0.05, 0.1) is 6.07 Å². The van der Waals surface area contributed by atoms with Crippen LogP contribution < -0.4 is 0 Å². The predicted molar refractivity (Wildman–Crippen MR) is 35.5 cm³/mol. The molecule has 0 spiro atoms. The minimum atomic E-state index is -3.05. The van der Waals surface area contributed by atoms with Gasteiger partial charge in [0.25, 0.3) is 0 Å². The fourth-order valence-corrected chi connectivity index (χ4v) is 1.62. The smallest absolute Gasteiger partial charge is 0.214 e. The van der Waals surface area contributed by atoms with E-state index in [0.29, 0.717) is 6.42 Å². The molecular weight excluding hydrogens is 137 g/mol. The van der Waals surface area contributed by atoms with Crippen LogP contribution in [0.2, 0.25) is 0 Å². The van der Waals surface area contributed by atoms with E-state index in [1.165, 1.54) is 0 Å². The van der Waals surface area contributed by atoms with Gasteiger partial charge in [0.15, 0.2) is 0 Å². The number of rotatable bonds is 3. The zero-order valence-electron chi connectivity index (χ0n) is 5.37. The Morgan fingerprint density at radius 3 is 2.67 bits per heavy atom. The van der Waals surface area contributed by atoms with Gasteiger partial charge in [0.2, 0.25) is 7.37 Å². The molecule has 0 aliphatic heterocycles. The standard InChI is InChI=1S/C5H10NO2P/c1-2-4-9(7,8)5-3-6/h2,4-5H2,1H3,(H,7,8). The van der Waals surface area contributed by atoms with Gasteiger partial charge in [-0.25, -0.2) is 0 Å². The number of nitriles is 1. The van der Waals surface area contributed by atoms with Gasteiger partial charge >= 0.3 is 0 Å². The summed E-state index contributed by atoms with van der Waals surface area (Å²) < 4.78 is 10.7. The molecule has 9 heavy (non-hydrogen) atoms. The predicted octanol–water partition coefficient (Wildman–Crippen LogP) is 1.19. The van der Waals surface area contributed by atoms with Gasteiger partial charge in [-0.05, 0) is 6.42 Å². The Labute approximate surface area is 54.8 Å². The van der Waals surface area contributed by atoms with E-state index in [9.17, 15) is 4.57 Å². The van der Waals surface area contributed by atoms with Gasteiger partial charge < -0.3 is 4.89 Å². The summed E-state index contributed by atoms with van der Waals surface area (Å²) in [5.41, 5.74) is 0. The molecule has 0 heterocycles. The van der Waals surface area contributed by atoms with Gasteiger partial charge in [-0.2, -0.15) is 5.26 Å². The summed E-state index contributed by atoms with van der Waals surface area (Å²) in [6.07, 6.45) is 0.719. The van der Waals surface area contributed by atoms with Crippen molar-refractivity contribution in [3.8, 4) is 6.07 Å². The molecule has 52 valence electrons. The quantitative estimate of drug-likeness (QED) is 0.610. The second-order valence-corrected chi connectivity index (χ2v) is 4.34. The van der Waals surface area contributed by atoms with Crippen LogP contribution >= 0.6 is 7.37 Å². The Hall–Kier alpha value is -0.320. The summed E-state index contributed by atoms with van der Waals surface area (Å²) in [5.74, 6) is 0. The van der Waals surface area contributed by atoms with Gasteiger partial charge in [0.1, 0.15) is 6.16 Å². The summed E-state index contributed by atoms with van der Waals surface area (Å²) in [6.45, 7) is 1.82. The van der Waals surface area contributed by atoms with Crippen molar-refractivity contribution in [2.45, 2.75) is 13.3 Å². The Bertz CT molecular complexity index is 161. The van der Waals surface area contributed by atoms with Crippen LogP contribution in [0.3, 0.4) is 0 Å². The largest absolute Gasteiger partial charge is 0.344 e. The molecule has 0 aliphatic rings. The minimum absolute atomic E-state index is 0.208. The fraction of sp³-hybridized carbons (Fsp3) is 0.800. The third kappa shape index (κ3) is 4.20. The Morgan fingerprint density at radius 2 is 2.33 bits per heavy atom. The van der Waals surface area contributed by atoms with Crippen molar-refractivity contribution >= 4 is 7.37 Å². The lowest BCUT2D eigenvalue weighted by Gasteiger charge is -2.02. The average molecular weight is 147 g/mol. The first kappa shape index (κ1) is 8.68. The lowest BCUT2D eigenvalue weighted by Crippen LogP contribution is -1.89. The van der Waals surface area contributed by atoms with Crippen LogP contribution in [0.15, 0.2) is 0 Å². The first-order valence-electron chi connectivity index (χ1n) is 2.80. The van der Waals surface area contributed by atoms with Gasteiger partial charge in [-0.3, -0.25) is 4.57 Å². The van der Waals surface area contributed by atoms with E-state index >= 15 is 0 Å². The normalized spacial score (nSPS) is 16.1. The fourth-order valence-electron chi connectivity index (χ4n) is 0.539. The monoisotopic (exact) mass is 147 g/mol.